The molecule has 104 valence electrons. The number of rotatable bonds is 1. The zero-order valence-electron chi connectivity index (χ0n) is 10.4. The zero-order valence-corrected chi connectivity index (χ0v) is 10.4. The SMILES string of the molecule is CC(C)(C)C(=O)N1C[C@@H](C(F)(F)F)[C@H](C(=O)O)C1. The van der Waals surface area contributed by atoms with E-state index < -0.39 is 41.8 Å². The Hall–Kier alpha value is -1.27. The van der Waals surface area contributed by atoms with E-state index in [4.69, 9.17) is 5.11 Å². The number of likely N-dealkylation sites (tertiary alicyclic amines) is 1. The number of carbonyl (C=O) groups excluding carboxylic acids is 1. The molecule has 1 saturated heterocycles. The van der Waals surface area contributed by atoms with Crippen LogP contribution in [0.2, 0.25) is 0 Å². The molecular weight excluding hydrogens is 251 g/mol. The summed E-state index contributed by atoms with van der Waals surface area (Å²) in [4.78, 5) is 23.7. The Morgan fingerprint density at radius 1 is 1.17 bits per heavy atom. The summed E-state index contributed by atoms with van der Waals surface area (Å²) in [5, 5.41) is 8.81. The molecule has 0 saturated carbocycles. The number of nitrogens with zero attached hydrogens (tertiary/aromatic N) is 1. The van der Waals surface area contributed by atoms with E-state index >= 15 is 0 Å². The van der Waals surface area contributed by atoms with Crippen molar-refractivity contribution in [1.82, 2.24) is 4.90 Å². The van der Waals surface area contributed by atoms with E-state index in [-0.39, 0.29) is 6.54 Å². The minimum absolute atomic E-state index is 0.379. The van der Waals surface area contributed by atoms with Gasteiger partial charge in [-0.05, 0) is 0 Å². The minimum atomic E-state index is -4.60. The Labute approximate surface area is 103 Å². The number of hydrogen-bond donors (Lipinski definition) is 1. The number of carbonyl (C=O) groups is 2. The van der Waals surface area contributed by atoms with Crippen LogP contribution in [0.25, 0.3) is 0 Å². The van der Waals surface area contributed by atoms with Crippen LogP contribution in [-0.2, 0) is 9.59 Å². The van der Waals surface area contributed by atoms with Gasteiger partial charge in [0.25, 0.3) is 0 Å². The third kappa shape index (κ3) is 2.94. The van der Waals surface area contributed by atoms with Crippen LogP contribution in [0.3, 0.4) is 0 Å². The van der Waals surface area contributed by atoms with E-state index in [0.717, 1.165) is 4.90 Å². The molecule has 1 aliphatic rings. The first-order valence-electron chi connectivity index (χ1n) is 5.53. The highest BCUT2D eigenvalue weighted by atomic mass is 19.4. The number of halogens is 3. The van der Waals surface area contributed by atoms with Gasteiger partial charge in [-0.1, -0.05) is 20.8 Å². The van der Waals surface area contributed by atoms with E-state index in [1.54, 1.807) is 20.8 Å². The lowest BCUT2D eigenvalue weighted by molar-refractivity contribution is -0.188. The lowest BCUT2D eigenvalue weighted by atomic mass is 9.95. The highest BCUT2D eigenvalue weighted by molar-refractivity contribution is 5.83. The second kappa shape index (κ2) is 4.44. The molecule has 0 aliphatic carbocycles. The zero-order chi connectivity index (χ0) is 14.3. The second-order valence-electron chi connectivity index (χ2n) is 5.55. The monoisotopic (exact) mass is 267 g/mol. The van der Waals surface area contributed by atoms with Crippen LogP contribution in [0.4, 0.5) is 13.2 Å². The molecule has 1 rings (SSSR count). The van der Waals surface area contributed by atoms with Gasteiger partial charge in [-0.15, -0.1) is 0 Å². The maximum absolute atomic E-state index is 12.7. The highest BCUT2D eigenvalue weighted by Crippen LogP contribution is 2.38. The number of aliphatic carboxylic acids is 1. The first kappa shape index (κ1) is 14.8. The van der Waals surface area contributed by atoms with Gasteiger partial charge < -0.3 is 10.0 Å². The third-order valence-corrected chi connectivity index (χ3v) is 2.99. The van der Waals surface area contributed by atoms with Gasteiger partial charge in [0.1, 0.15) is 0 Å². The Balaban J connectivity index is 2.93. The molecule has 0 radical (unpaired) electrons. The molecule has 1 heterocycles. The predicted molar refractivity (Wildman–Crippen MR) is 56.7 cm³/mol. The standard InChI is InChI=1S/C11H16F3NO3/c1-10(2,3)9(18)15-4-6(8(16)17)7(5-15)11(12,13)14/h6-7H,4-5H2,1-3H3,(H,16,17)/t6-,7-/m1/s1. The van der Waals surface area contributed by atoms with Gasteiger partial charge in [0.2, 0.25) is 5.91 Å². The van der Waals surface area contributed by atoms with Crippen molar-refractivity contribution in [3.63, 3.8) is 0 Å². The Morgan fingerprint density at radius 3 is 1.94 bits per heavy atom. The van der Waals surface area contributed by atoms with Gasteiger partial charge in [0.15, 0.2) is 0 Å². The summed E-state index contributed by atoms with van der Waals surface area (Å²) in [6.45, 7) is 3.82. The molecule has 0 bridgehead atoms. The van der Waals surface area contributed by atoms with Crippen molar-refractivity contribution in [1.29, 1.82) is 0 Å². The van der Waals surface area contributed by atoms with Crippen LogP contribution in [0.5, 0.6) is 0 Å². The molecule has 2 atom stereocenters. The smallest absolute Gasteiger partial charge is 0.394 e. The molecule has 0 aromatic carbocycles. The Morgan fingerprint density at radius 2 is 1.67 bits per heavy atom. The molecule has 0 aromatic rings. The number of amides is 1. The van der Waals surface area contributed by atoms with Crippen molar-refractivity contribution in [3.05, 3.63) is 0 Å². The third-order valence-electron chi connectivity index (χ3n) is 2.99. The summed E-state index contributed by atoms with van der Waals surface area (Å²) < 4.78 is 38.1. The number of carboxylic acid groups (broad SMARTS) is 1. The van der Waals surface area contributed by atoms with E-state index in [1.165, 1.54) is 0 Å². The summed E-state index contributed by atoms with van der Waals surface area (Å²) in [6.07, 6.45) is -4.60. The Bertz CT molecular complexity index is 360. The first-order chi connectivity index (χ1) is 7.94. The number of carboxylic acids is 1. The first-order valence-corrected chi connectivity index (χ1v) is 5.53. The lowest BCUT2D eigenvalue weighted by Crippen LogP contribution is -2.39. The van der Waals surface area contributed by atoms with Crippen LogP contribution in [0.15, 0.2) is 0 Å². The van der Waals surface area contributed by atoms with Crippen molar-refractivity contribution in [2.75, 3.05) is 13.1 Å². The van der Waals surface area contributed by atoms with Crippen LogP contribution in [0, 0.1) is 17.3 Å². The summed E-state index contributed by atoms with van der Waals surface area (Å²) in [5.41, 5.74) is -0.816. The quantitative estimate of drug-likeness (QED) is 0.787. The average molecular weight is 267 g/mol. The highest BCUT2D eigenvalue weighted by Gasteiger charge is 2.54. The molecule has 1 amide bonds. The fourth-order valence-corrected chi connectivity index (χ4v) is 2.03. The summed E-state index contributed by atoms with van der Waals surface area (Å²) in [7, 11) is 0. The molecule has 18 heavy (non-hydrogen) atoms. The fourth-order valence-electron chi connectivity index (χ4n) is 2.03. The fraction of sp³-hybridized carbons (Fsp3) is 0.818. The van der Waals surface area contributed by atoms with Gasteiger partial charge in [0, 0.05) is 18.5 Å². The van der Waals surface area contributed by atoms with Crippen molar-refractivity contribution < 1.29 is 27.9 Å². The van der Waals surface area contributed by atoms with Crippen molar-refractivity contribution >= 4 is 11.9 Å². The van der Waals surface area contributed by atoms with E-state index in [1.807, 2.05) is 0 Å². The van der Waals surface area contributed by atoms with Crippen LogP contribution in [-0.4, -0.2) is 41.1 Å². The molecule has 0 spiro atoms. The normalized spacial score (nSPS) is 25.3. The van der Waals surface area contributed by atoms with Gasteiger partial charge in [-0.2, -0.15) is 13.2 Å². The molecule has 1 N–H and O–H groups in total. The van der Waals surface area contributed by atoms with Crippen LogP contribution in [0.1, 0.15) is 20.8 Å². The van der Waals surface area contributed by atoms with Gasteiger partial charge >= 0.3 is 12.1 Å². The number of alkyl halides is 3. The predicted octanol–water partition coefficient (Wildman–Crippen LogP) is 1.75. The summed E-state index contributed by atoms with van der Waals surface area (Å²) in [5.74, 6) is -5.53. The molecule has 0 aromatic heterocycles. The molecule has 7 heteroatoms. The van der Waals surface area contributed by atoms with Crippen molar-refractivity contribution in [2.24, 2.45) is 17.3 Å². The van der Waals surface area contributed by atoms with Crippen LogP contribution < -0.4 is 0 Å². The van der Waals surface area contributed by atoms with Gasteiger partial charge in [0.05, 0.1) is 11.8 Å². The molecule has 4 nitrogen and oxygen atoms in total. The maximum atomic E-state index is 12.7. The maximum Gasteiger partial charge on any atom is 0.394 e. The topological polar surface area (TPSA) is 57.6 Å². The molecule has 0 unspecified atom stereocenters. The minimum Gasteiger partial charge on any atom is -0.481 e. The number of hydrogen-bond acceptors (Lipinski definition) is 2. The largest absolute Gasteiger partial charge is 0.481 e. The van der Waals surface area contributed by atoms with Gasteiger partial charge in [-0.25, -0.2) is 0 Å². The van der Waals surface area contributed by atoms with Crippen molar-refractivity contribution in [3.8, 4) is 0 Å². The molecule has 1 aliphatic heterocycles. The molecule has 1 fully saturated rings. The van der Waals surface area contributed by atoms with Gasteiger partial charge in [-0.3, -0.25) is 9.59 Å². The summed E-state index contributed by atoms with van der Waals surface area (Å²) in [6, 6.07) is 0. The Kier molecular flexibility index (Phi) is 3.65. The molecular formula is C11H16F3NO3. The van der Waals surface area contributed by atoms with E-state index in [2.05, 4.69) is 0 Å². The van der Waals surface area contributed by atoms with E-state index in [0.29, 0.717) is 0 Å². The second-order valence-corrected chi connectivity index (χ2v) is 5.55. The summed E-state index contributed by atoms with van der Waals surface area (Å²) >= 11 is 0. The van der Waals surface area contributed by atoms with E-state index in [9.17, 15) is 22.8 Å². The van der Waals surface area contributed by atoms with Crippen molar-refractivity contribution in [2.45, 2.75) is 26.9 Å². The average Bonchev–Trinajstić information content (AvgIpc) is 2.58. The lowest BCUT2D eigenvalue weighted by Gasteiger charge is -2.25. The van der Waals surface area contributed by atoms with Crippen LogP contribution >= 0.6 is 0 Å².